The van der Waals surface area contributed by atoms with E-state index < -0.39 is 0 Å². The highest BCUT2D eigenvalue weighted by molar-refractivity contribution is 5.81. The number of amides is 1. The van der Waals surface area contributed by atoms with Crippen LogP contribution < -0.4 is 0 Å². The second kappa shape index (κ2) is 5.41. The molecule has 0 N–H and O–H groups in total. The van der Waals surface area contributed by atoms with E-state index in [4.69, 9.17) is 4.98 Å². The Hall–Kier alpha value is -1.84. The molecule has 2 aromatic rings. The molecule has 22 heavy (non-hydrogen) atoms. The maximum absolute atomic E-state index is 12.4. The smallest absolute Gasteiger partial charge is 0.223 e. The first kappa shape index (κ1) is 15.1. The quantitative estimate of drug-likeness (QED) is 0.869. The van der Waals surface area contributed by atoms with Gasteiger partial charge in [0.05, 0.1) is 11.0 Å². The van der Waals surface area contributed by atoms with E-state index in [9.17, 15) is 4.79 Å². The summed E-state index contributed by atoms with van der Waals surface area (Å²) in [4.78, 5) is 19.2. The Morgan fingerprint density at radius 1 is 1.27 bits per heavy atom. The first-order valence-electron chi connectivity index (χ1n) is 8.17. The summed E-state index contributed by atoms with van der Waals surface area (Å²) in [6.07, 6.45) is 1.64. The van der Waals surface area contributed by atoms with Gasteiger partial charge in [-0.05, 0) is 39.3 Å². The number of fused-ring (bicyclic) bond motifs is 1. The van der Waals surface area contributed by atoms with Crippen LogP contribution in [0.4, 0.5) is 0 Å². The van der Waals surface area contributed by atoms with Crippen molar-refractivity contribution >= 4 is 16.9 Å². The van der Waals surface area contributed by atoms with E-state index in [-0.39, 0.29) is 17.4 Å². The fraction of sp³-hybridized carbons (Fsp3) is 0.556. The lowest BCUT2D eigenvalue weighted by molar-refractivity contribution is -0.131. The summed E-state index contributed by atoms with van der Waals surface area (Å²) in [5.74, 6) is 1.52. The topological polar surface area (TPSA) is 38.1 Å². The Morgan fingerprint density at radius 3 is 2.64 bits per heavy atom. The number of imidazole rings is 1. The Labute approximate surface area is 132 Å². The van der Waals surface area contributed by atoms with E-state index in [1.807, 2.05) is 11.0 Å². The van der Waals surface area contributed by atoms with Gasteiger partial charge in [-0.15, -0.1) is 0 Å². The van der Waals surface area contributed by atoms with Crippen LogP contribution in [0, 0.1) is 0 Å². The molecule has 4 heteroatoms. The first-order valence-corrected chi connectivity index (χ1v) is 8.17. The maximum Gasteiger partial charge on any atom is 0.223 e. The van der Waals surface area contributed by atoms with Crippen LogP contribution in [0.5, 0.6) is 0 Å². The number of carbonyl (C=O) groups excluding carboxylic acids is 1. The molecule has 0 radical (unpaired) electrons. The number of aromatic nitrogens is 2. The van der Waals surface area contributed by atoms with E-state index in [0.717, 1.165) is 30.9 Å². The number of rotatable bonds is 3. The highest BCUT2D eigenvalue weighted by atomic mass is 16.2. The monoisotopic (exact) mass is 299 g/mol. The zero-order chi connectivity index (χ0) is 15.9. The second-order valence-electron chi connectivity index (χ2n) is 7.19. The van der Waals surface area contributed by atoms with Crippen molar-refractivity contribution in [3.8, 4) is 0 Å². The van der Waals surface area contributed by atoms with Gasteiger partial charge in [0.1, 0.15) is 5.82 Å². The largest absolute Gasteiger partial charge is 0.337 e. The molecule has 0 saturated carbocycles. The third kappa shape index (κ3) is 2.51. The van der Waals surface area contributed by atoms with E-state index >= 15 is 0 Å². The number of likely N-dealkylation sites (tertiary alicyclic amines) is 1. The average molecular weight is 299 g/mol. The van der Waals surface area contributed by atoms with Gasteiger partial charge in [0.25, 0.3) is 0 Å². The zero-order valence-electron chi connectivity index (χ0n) is 14.0. The molecule has 1 amide bonds. The van der Waals surface area contributed by atoms with Crippen molar-refractivity contribution in [2.45, 2.75) is 58.5 Å². The predicted molar refractivity (Wildman–Crippen MR) is 88.8 cm³/mol. The van der Waals surface area contributed by atoms with Gasteiger partial charge < -0.3 is 9.47 Å². The van der Waals surface area contributed by atoms with Crippen molar-refractivity contribution in [3.63, 3.8) is 0 Å². The second-order valence-corrected chi connectivity index (χ2v) is 7.19. The molecule has 1 aromatic heterocycles. The molecule has 1 unspecified atom stereocenters. The van der Waals surface area contributed by atoms with Crippen LogP contribution in [0.3, 0.4) is 0 Å². The van der Waals surface area contributed by atoms with Crippen molar-refractivity contribution in [1.29, 1.82) is 0 Å². The van der Waals surface area contributed by atoms with Gasteiger partial charge in [0, 0.05) is 31.0 Å². The average Bonchev–Trinajstić information content (AvgIpc) is 3.00. The van der Waals surface area contributed by atoms with Crippen molar-refractivity contribution in [2.24, 2.45) is 0 Å². The van der Waals surface area contributed by atoms with Gasteiger partial charge in [-0.2, -0.15) is 0 Å². The lowest BCUT2D eigenvalue weighted by Crippen LogP contribution is -2.42. The molecule has 1 atom stereocenters. The van der Waals surface area contributed by atoms with Gasteiger partial charge >= 0.3 is 0 Å². The summed E-state index contributed by atoms with van der Waals surface area (Å²) in [6, 6.07) is 8.26. The number of aryl methyl sites for hydroxylation is 1. The SMILES string of the molecule is CCCn1c(C2CC(=O)N(C(C)(C)C)C2)nc2ccccc21. The van der Waals surface area contributed by atoms with Gasteiger partial charge in [0.2, 0.25) is 5.91 Å². The Morgan fingerprint density at radius 2 is 2.00 bits per heavy atom. The van der Waals surface area contributed by atoms with Gasteiger partial charge in [-0.3, -0.25) is 4.79 Å². The first-order chi connectivity index (χ1) is 10.4. The zero-order valence-corrected chi connectivity index (χ0v) is 14.0. The van der Waals surface area contributed by atoms with Crippen LogP contribution >= 0.6 is 0 Å². The highest BCUT2D eigenvalue weighted by Crippen LogP contribution is 2.33. The van der Waals surface area contributed by atoms with Crippen molar-refractivity contribution < 1.29 is 4.79 Å². The lowest BCUT2D eigenvalue weighted by atomic mass is 10.1. The summed E-state index contributed by atoms with van der Waals surface area (Å²) >= 11 is 0. The van der Waals surface area contributed by atoms with Gasteiger partial charge in [-0.1, -0.05) is 19.1 Å². The number of benzene rings is 1. The number of nitrogens with zero attached hydrogens (tertiary/aromatic N) is 3. The molecule has 2 heterocycles. The molecule has 1 aliphatic rings. The molecule has 1 fully saturated rings. The summed E-state index contributed by atoms with van der Waals surface area (Å²) < 4.78 is 2.30. The van der Waals surface area contributed by atoms with Gasteiger partial charge in [-0.25, -0.2) is 4.98 Å². The third-order valence-electron chi connectivity index (χ3n) is 4.43. The van der Waals surface area contributed by atoms with Crippen molar-refractivity contribution in [2.75, 3.05) is 6.54 Å². The normalized spacial score (nSPS) is 19.4. The Kier molecular flexibility index (Phi) is 3.71. The minimum absolute atomic E-state index is 0.118. The molecule has 1 saturated heterocycles. The molecule has 1 aliphatic heterocycles. The molecular formula is C18H25N3O. The standard InChI is InChI=1S/C18H25N3O/c1-5-10-20-15-9-7-6-8-14(15)19-17(20)13-11-16(22)21(12-13)18(2,3)4/h6-9,13H,5,10-12H2,1-4H3. The van der Waals surface area contributed by atoms with Crippen LogP contribution in [-0.4, -0.2) is 32.4 Å². The molecule has 4 nitrogen and oxygen atoms in total. The summed E-state index contributed by atoms with van der Waals surface area (Å²) in [5, 5.41) is 0. The molecular weight excluding hydrogens is 274 g/mol. The van der Waals surface area contributed by atoms with E-state index in [0.29, 0.717) is 6.42 Å². The minimum atomic E-state index is -0.118. The predicted octanol–water partition coefficient (Wildman–Crippen LogP) is 3.56. The van der Waals surface area contributed by atoms with Crippen molar-refractivity contribution in [3.05, 3.63) is 30.1 Å². The van der Waals surface area contributed by atoms with Crippen LogP contribution in [0.1, 0.15) is 52.3 Å². The number of carbonyl (C=O) groups is 1. The van der Waals surface area contributed by atoms with Crippen LogP contribution in [0.15, 0.2) is 24.3 Å². The molecule has 1 aromatic carbocycles. The molecule has 3 rings (SSSR count). The van der Waals surface area contributed by atoms with Crippen LogP contribution in [0.25, 0.3) is 11.0 Å². The number of hydrogen-bond donors (Lipinski definition) is 0. The fourth-order valence-corrected chi connectivity index (χ4v) is 3.39. The Bertz CT molecular complexity index is 696. The summed E-state index contributed by atoms with van der Waals surface area (Å²) in [5.41, 5.74) is 2.10. The van der Waals surface area contributed by atoms with E-state index in [1.54, 1.807) is 0 Å². The van der Waals surface area contributed by atoms with Crippen LogP contribution in [0.2, 0.25) is 0 Å². The Balaban J connectivity index is 2.00. The molecule has 0 bridgehead atoms. The number of hydrogen-bond acceptors (Lipinski definition) is 2. The number of para-hydroxylation sites is 2. The van der Waals surface area contributed by atoms with E-state index in [1.165, 1.54) is 5.52 Å². The highest BCUT2D eigenvalue weighted by Gasteiger charge is 2.38. The van der Waals surface area contributed by atoms with Crippen LogP contribution in [-0.2, 0) is 11.3 Å². The molecule has 118 valence electrons. The maximum atomic E-state index is 12.4. The summed E-state index contributed by atoms with van der Waals surface area (Å²) in [7, 11) is 0. The van der Waals surface area contributed by atoms with Crippen molar-refractivity contribution in [1.82, 2.24) is 14.5 Å². The van der Waals surface area contributed by atoms with E-state index in [2.05, 4.69) is 50.5 Å². The fourth-order valence-electron chi connectivity index (χ4n) is 3.39. The molecule has 0 aliphatic carbocycles. The third-order valence-corrected chi connectivity index (χ3v) is 4.43. The molecule has 0 spiro atoms. The lowest BCUT2D eigenvalue weighted by Gasteiger charge is -2.32. The summed E-state index contributed by atoms with van der Waals surface area (Å²) in [6.45, 7) is 10.2. The van der Waals surface area contributed by atoms with Gasteiger partial charge in [0.15, 0.2) is 0 Å². The minimum Gasteiger partial charge on any atom is -0.337 e.